The van der Waals surface area contributed by atoms with E-state index in [1.807, 2.05) is 61.5 Å². The SMILES string of the molecule is Cc1ccccc1-n1cc2c(=O)[nH]c(Nc3ccccc3)nc2n1. The predicted molar refractivity (Wildman–Crippen MR) is 93.9 cm³/mol. The van der Waals surface area contributed by atoms with E-state index < -0.39 is 0 Å². The first-order chi connectivity index (χ1) is 11.7. The number of rotatable bonds is 3. The van der Waals surface area contributed by atoms with E-state index in [1.165, 1.54) is 0 Å². The number of hydrogen-bond donors (Lipinski definition) is 2. The molecule has 2 aromatic carbocycles. The van der Waals surface area contributed by atoms with Gasteiger partial charge in [-0.25, -0.2) is 4.68 Å². The number of nitrogens with one attached hydrogen (secondary N) is 2. The van der Waals surface area contributed by atoms with Gasteiger partial charge in [0.2, 0.25) is 5.95 Å². The van der Waals surface area contributed by atoms with Crippen LogP contribution in [-0.2, 0) is 0 Å². The third-order valence-electron chi connectivity index (χ3n) is 3.79. The van der Waals surface area contributed by atoms with E-state index in [2.05, 4.69) is 20.4 Å². The van der Waals surface area contributed by atoms with Crippen LogP contribution in [-0.4, -0.2) is 19.7 Å². The van der Waals surface area contributed by atoms with Crippen LogP contribution in [0.2, 0.25) is 0 Å². The molecule has 2 aromatic heterocycles. The maximum Gasteiger partial charge on any atom is 0.263 e. The molecule has 0 saturated carbocycles. The van der Waals surface area contributed by atoms with Crippen molar-refractivity contribution < 1.29 is 0 Å². The largest absolute Gasteiger partial charge is 0.326 e. The second-order valence-corrected chi connectivity index (χ2v) is 5.50. The van der Waals surface area contributed by atoms with Gasteiger partial charge in [0.15, 0.2) is 5.65 Å². The first kappa shape index (κ1) is 14.2. The summed E-state index contributed by atoms with van der Waals surface area (Å²) < 4.78 is 1.69. The summed E-state index contributed by atoms with van der Waals surface area (Å²) in [5, 5.41) is 7.99. The number of para-hydroxylation sites is 2. The Bertz CT molecular complexity index is 1070. The summed E-state index contributed by atoms with van der Waals surface area (Å²) in [6.07, 6.45) is 1.70. The monoisotopic (exact) mass is 317 g/mol. The van der Waals surface area contributed by atoms with Gasteiger partial charge in [-0.3, -0.25) is 9.78 Å². The van der Waals surface area contributed by atoms with Gasteiger partial charge < -0.3 is 5.32 Å². The Morgan fingerprint density at radius 2 is 1.79 bits per heavy atom. The van der Waals surface area contributed by atoms with Crippen molar-refractivity contribution in [1.29, 1.82) is 0 Å². The van der Waals surface area contributed by atoms with Crippen LogP contribution >= 0.6 is 0 Å². The molecule has 24 heavy (non-hydrogen) atoms. The average Bonchev–Trinajstić information content (AvgIpc) is 3.00. The van der Waals surface area contributed by atoms with Gasteiger partial charge in [0, 0.05) is 11.9 Å². The third-order valence-corrected chi connectivity index (χ3v) is 3.79. The molecule has 4 aromatic rings. The molecule has 2 N–H and O–H groups in total. The molecule has 0 atom stereocenters. The molecule has 0 fully saturated rings. The van der Waals surface area contributed by atoms with E-state index in [-0.39, 0.29) is 5.56 Å². The molecule has 2 heterocycles. The lowest BCUT2D eigenvalue weighted by Crippen LogP contribution is -2.10. The van der Waals surface area contributed by atoms with Crippen LogP contribution in [0.3, 0.4) is 0 Å². The van der Waals surface area contributed by atoms with Crippen molar-refractivity contribution in [3.8, 4) is 5.69 Å². The molecule has 118 valence electrons. The summed E-state index contributed by atoms with van der Waals surface area (Å²) in [5.74, 6) is 0.369. The van der Waals surface area contributed by atoms with E-state index in [0.717, 1.165) is 16.9 Å². The van der Waals surface area contributed by atoms with Gasteiger partial charge in [0.1, 0.15) is 5.39 Å². The minimum absolute atomic E-state index is 0.224. The van der Waals surface area contributed by atoms with Crippen LogP contribution in [0, 0.1) is 6.92 Å². The van der Waals surface area contributed by atoms with Gasteiger partial charge in [-0.15, -0.1) is 5.10 Å². The van der Waals surface area contributed by atoms with E-state index in [0.29, 0.717) is 17.0 Å². The molecule has 0 aliphatic carbocycles. The van der Waals surface area contributed by atoms with E-state index >= 15 is 0 Å². The highest BCUT2D eigenvalue weighted by atomic mass is 16.1. The fraction of sp³-hybridized carbons (Fsp3) is 0.0556. The van der Waals surface area contributed by atoms with E-state index in [1.54, 1.807) is 10.9 Å². The molecule has 0 aliphatic heterocycles. The van der Waals surface area contributed by atoms with Crippen molar-refractivity contribution in [2.75, 3.05) is 5.32 Å². The Morgan fingerprint density at radius 1 is 1.04 bits per heavy atom. The van der Waals surface area contributed by atoms with Crippen molar-refractivity contribution >= 4 is 22.7 Å². The summed E-state index contributed by atoms with van der Waals surface area (Å²) >= 11 is 0. The highest BCUT2D eigenvalue weighted by Crippen LogP contribution is 2.17. The lowest BCUT2D eigenvalue weighted by atomic mass is 10.2. The quantitative estimate of drug-likeness (QED) is 0.608. The summed E-state index contributed by atoms with van der Waals surface area (Å²) in [6, 6.07) is 17.4. The number of aryl methyl sites for hydroxylation is 1. The second kappa shape index (κ2) is 5.66. The molecule has 6 nitrogen and oxygen atoms in total. The third kappa shape index (κ3) is 2.54. The minimum atomic E-state index is -0.224. The van der Waals surface area contributed by atoms with Crippen molar-refractivity contribution in [1.82, 2.24) is 19.7 Å². The molecular weight excluding hydrogens is 302 g/mol. The number of benzene rings is 2. The summed E-state index contributed by atoms with van der Waals surface area (Å²) in [7, 11) is 0. The number of fused-ring (bicyclic) bond motifs is 1. The number of H-pyrrole nitrogens is 1. The summed E-state index contributed by atoms with van der Waals surface area (Å²) in [5.41, 5.74) is 3.02. The van der Waals surface area contributed by atoms with Crippen molar-refractivity contribution in [3.05, 3.63) is 76.7 Å². The van der Waals surface area contributed by atoms with E-state index in [4.69, 9.17) is 0 Å². The molecule has 0 aliphatic rings. The number of hydrogen-bond acceptors (Lipinski definition) is 4. The molecule has 0 unspecified atom stereocenters. The Balaban J connectivity index is 1.79. The Kier molecular flexibility index (Phi) is 3.35. The first-order valence-electron chi connectivity index (χ1n) is 7.58. The van der Waals surface area contributed by atoms with Gasteiger partial charge in [-0.1, -0.05) is 36.4 Å². The zero-order chi connectivity index (χ0) is 16.5. The maximum atomic E-state index is 12.3. The molecule has 0 spiro atoms. The van der Waals surface area contributed by atoms with Gasteiger partial charge in [-0.05, 0) is 30.7 Å². The van der Waals surface area contributed by atoms with Crippen molar-refractivity contribution in [2.24, 2.45) is 0 Å². The lowest BCUT2D eigenvalue weighted by Gasteiger charge is -2.04. The summed E-state index contributed by atoms with van der Waals surface area (Å²) in [6.45, 7) is 2.00. The number of aromatic amines is 1. The highest BCUT2D eigenvalue weighted by Gasteiger charge is 2.10. The second-order valence-electron chi connectivity index (χ2n) is 5.50. The standard InChI is InChI=1S/C18H15N5O/c1-12-7-5-6-10-15(12)23-11-14-16(22-23)20-18(21-17(14)24)19-13-8-3-2-4-9-13/h2-11H,1H3,(H2,19,20,21,22,24). The molecule has 4 rings (SSSR count). The number of aromatic nitrogens is 4. The summed E-state index contributed by atoms with van der Waals surface area (Å²) in [4.78, 5) is 19.5. The zero-order valence-corrected chi connectivity index (χ0v) is 13.0. The van der Waals surface area contributed by atoms with E-state index in [9.17, 15) is 4.79 Å². The minimum Gasteiger partial charge on any atom is -0.326 e. The molecule has 0 amide bonds. The van der Waals surface area contributed by atoms with Crippen LogP contribution in [0.25, 0.3) is 16.7 Å². The fourth-order valence-electron chi connectivity index (χ4n) is 2.58. The number of anilines is 2. The van der Waals surface area contributed by atoms with Gasteiger partial charge >= 0.3 is 0 Å². The first-order valence-corrected chi connectivity index (χ1v) is 7.58. The zero-order valence-electron chi connectivity index (χ0n) is 13.0. The molecule has 6 heteroatoms. The van der Waals surface area contributed by atoms with Gasteiger partial charge in [0.05, 0.1) is 5.69 Å². The molecule has 0 saturated heterocycles. The Labute approximate surface area is 137 Å². The van der Waals surface area contributed by atoms with Gasteiger partial charge in [0.25, 0.3) is 5.56 Å². The van der Waals surface area contributed by atoms with Crippen LogP contribution in [0.15, 0.2) is 65.6 Å². The predicted octanol–water partition coefficient (Wildman–Crippen LogP) is 3.16. The van der Waals surface area contributed by atoms with Crippen molar-refractivity contribution in [3.63, 3.8) is 0 Å². The van der Waals surface area contributed by atoms with Crippen LogP contribution in [0.1, 0.15) is 5.56 Å². The normalized spacial score (nSPS) is 10.9. The molecule has 0 bridgehead atoms. The average molecular weight is 317 g/mol. The van der Waals surface area contributed by atoms with Crippen LogP contribution in [0.5, 0.6) is 0 Å². The maximum absolute atomic E-state index is 12.3. The topological polar surface area (TPSA) is 75.6 Å². The fourth-order valence-corrected chi connectivity index (χ4v) is 2.58. The molecule has 0 radical (unpaired) electrons. The van der Waals surface area contributed by atoms with Crippen molar-refractivity contribution in [2.45, 2.75) is 6.92 Å². The number of nitrogens with zero attached hydrogens (tertiary/aromatic N) is 3. The highest BCUT2D eigenvalue weighted by molar-refractivity contribution is 5.75. The lowest BCUT2D eigenvalue weighted by molar-refractivity contribution is 0.881. The van der Waals surface area contributed by atoms with Crippen LogP contribution in [0.4, 0.5) is 11.6 Å². The Morgan fingerprint density at radius 3 is 2.58 bits per heavy atom. The van der Waals surface area contributed by atoms with Crippen LogP contribution < -0.4 is 10.9 Å². The Hall–Kier alpha value is -3.41. The van der Waals surface area contributed by atoms with Gasteiger partial charge in [-0.2, -0.15) is 4.98 Å². The molecular formula is C18H15N5O. The smallest absolute Gasteiger partial charge is 0.263 e.